The van der Waals surface area contributed by atoms with Crippen molar-refractivity contribution in [1.82, 2.24) is 9.78 Å². The first-order valence-electron chi connectivity index (χ1n) is 4.87. The molecule has 0 fully saturated rings. The van der Waals surface area contributed by atoms with Crippen molar-refractivity contribution < 1.29 is 8.42 Å². The van der Waals surface area contributed by atoms with E-state index < -0.39 is 15.1 Å². The number of nitrogen functional groups attached to an aromatic ring is 1. The third-order valence-corrected chi connectivity index (χ3v) is 4.38. The number of rotatable bonds is 4. The zero-order chi connectivity index (χ0) is 12.3. The van der Waals surface area contributed by atoms with Crippen LogP contribution in [-0.2, 0) is 16.4 Å². The van der Waals surface area contributed by atoms with Crippen molar-refractivity contribution >= 4 is 15.5 Å². The van der Waals surface area contributed by atoms with Crippen LogP contribution >= 0.6 is 0 Å². The SMILES string of the molecule is CC(C)S(=O)(=O)CCn1ncc(N)cc1=O. The molecule has 0 saturated heterocycles. The summed E-state index contributed by atoms with van der Waals surface area (Å²) in [4.78, 5) is 11.4. The zero-order valence-corrected chi connectivity index (χ0v) is 10.1. The van der Waals surface area contributed by atoms with Crippen LogP contribution in [0.3, 0.4) is 0 Å². The molecule has 90 valence electrons. The molecule has 0 aliphatic carbocycles. The Kier molecular flexibility index (Phi) is 3.69. The van der Waals surface area contributed by atoms with Gasteiger partial charge in [0.2, 0.25) is 0 Å². The number of sulfone groups is 1. The molecule has 0 aliphatic heterocycles. The maximum atomic E-state index is 11.5. The van der Waals surface area contributed by atoms with Gasteiger partial charge in [0.25, 0.3) is 5.56 Å². The second kappa shape index (κ2) is 4.65. The number of nitrogens with two attached hydrogens (primary N) is 1. The summed E-state index contributed by atoms with van der Waals surface area (Å²) < 4.78 is 24.1. The molecule has 6 nitrogen and oxygen atoms in total. The van der Waals surface area contributed by atoms with E-state index in [-0.39, 0.29) is 23.5 Å². The van der Waals surface area contributed by atoms with Crippen LogP contribution in [0.4, 0.5) is 5.69 Å². The monoisotopic (exact) mass is 245 g/mol. The molecular formula is C9H15N3O3S. The fourth-order valence-electron chi connectivity index (χ4n) is 1.06. The van der Waals surface area contributed by atoms with Gasteiger partial charge in [0.05, 0.1) is 29.4 Å². The number of anilines is 1. The summed E-state index contributed by atoms with van der Waals surface area (Å²) in [7, 11) is -3.15. The molecular weight excluding hydrogens is 230 g/mol. The third kappa shape index (κ3) is 3.06. The Hall–Kier alpha value is -1.37. The third-order valence-electron chi connectivity index (χ3n) is 2.20. The van der Waals surface area contributed by atoms with Crippen LogP contribution in [0.25, 0.3) is 0 Å². The van der Waals surface area contributed by atoms with Gasteiger partial charge < -0.3 is 5.73 Å². The standard InChI is InChI=1S/C9H15N3O3S/c1-7(2)16(14,15)4-3-12-9(13)5-8(10)6-11-12/h5-7H,3-4,10H2,1-2H3. The van der Waals surface area contributed by atoms with E-state index in [1.54, 1.807) is 13.8 Å². The lowest BCUT2D eigenvalue weighted by Crippen LogP contribution is -2.28. The summed E-state index contributed by atoms with van der Waals surface area (Å²) in [5.74, 6) is -0.0957. The quantitative estimate of drug-likeness (QED) is 0.782. The van der Waals surface area contributed by atoms with Crippen LogP contribution in [-0.4, -0.2) is 29.2 Å². The highest BCUT2D eigenvalue weighted by Crippen LogP contribution is 2.01. The lowest BCUT2D eigenvalue weighted by Gasteiger charge is -2.08. The Morgan fingerprint density at radius 2 is 2.12 bits per heavy atom. The number of nitrogens with zero attached hydrogens (tertiary/aromatic N) is 2. The highest BCUT2D eigenvalue weighted by atomic mass is 32.2. The van der Waals surface area contributed by atoms with Crippen molar-refractivity contribution in [2.75, 3.05) is 11.5 Å². The van der Waals surface area contributed by atoms with Crippen molar-refractivity contribution in [2.45, 2.75) is 25.6 Å². The van der Waals surface area contributed by atoms with Gasteiger partial charge in [-0.05, 0) is 13.8 Å². The Bertz CT molecular complexity index is 519. The van der Waals surface area contributed by atoms with Crippen LogP contribution in [0.5, 0.6) is 0 Å². The normalized spacial score (nSPS) is 11.9. The molecule has 0 aromatic carbocycles. The lowest BCUT2D eigenvalue weighted by molar-refractivity contribution is 0.564. The Morgan fingerprint density at radius 1 is 1.50 bits per heavy atom. The summed E-state index contributed by atoms with van der Waals surface area (Å²) >= 11 is 0. The topological polar surface area (TPSA) is 95.1 Å². The van der Waals surface area contributed by atoms with Crippen molar-refractivity contribution in [2.24, 2.45) is 0 Å². The van der Waals surface area contributed by atoms with Gasteiger partial charge in [-0.25, -0.2) is 13.1 Å². The molecule has 2 N–H and O–H groups in total. The number of hydrogen-bond donors (Lipinski definition) is 1. The molecule has 0 aliphatic rings. The predicted octanol–water partition coefficient (Wildman–Crippen LogP) is -0.351. The van der Waals surface area contributed by atoms with E-state index in [1.807, 2.05) is 0 Å². The minimum atomic E-state index is -3.15. The van der Waals surface area contributed by atoms with Crippen LogP contribution < -0.4 is 11.3 Å². The highest BCUT2D eigenvalue weighted by molar-refractivity contribution is 7.91. The average Bonchev–Trinajstić information content (AvgIpc) is 2.16. The molecule has 0 radical (unpaired) electrons. The number of hydrogen-bond acceptors (Lipinski definition) is 5. The Morgan fingerprint density at radius 3 is 2.62 bits per heavy atom. The van der Waals surface area contributed by atoms with Gasteiger partial charge in [-0.2, -0.15) is 5.10 Å². The molecule has 7 heteroatoms. The molecule has 0 unspecified atom stereocenters. The second-order valence-corrected chi connectivity index (χ2v) is 6.44. The van der Waals surface area contributed by atoms with E-state index >= 15 is 0 Å². The average molecular weight is 245 g/mol. The smallest absolute Gasteiger partial charge is 0.268 e. The van der Waals surface area contributed by atoms with E-state index in [9.17, 15) is 13.2 Å². The summed E-state index contributed by atoms with van der Waals surface area (Å²) in [6, 6.07) is 1.22. The van der Waals surface area contributed by atoms with Crippen molar-refractivity contribution in [3.8, 4) is 0 Å². The number of aryl methyl sites for hydroxylation is 1. The summed E-state index contributed by atoms with van der Waals surface area (Å²) in [5, 5.41) is 3.31. The lowest BCUT2D eigenvalue weighted by atomic mass is 10.5. The van der Waals surface area contributed by atoms with E-state index in [1.165, 1.54) is 12.3 Å². The van der Waals surface area contributed by atoms with Gasteiger partial charge >= 0.3 is 0 Å². The first-order valence-corrected chi connectivity index (χ1v) is 6.58. The fourth-order valence-corrected chi connectivity index (χ4v) is 1.96. The van der Waals surface area contributed by atoms with Gasteiger partial charge in [-0.15, -0.1) is 0 Å². The molecule has 1 rings (SSSR count). The van der Waals surface area contributed by atoms with Gasteiger partial charge in [0.1, 0.15) is 0 Å². The van der Waals surface area contributed by atoms with Gasteiger partial charge in [0.15, 0.2) is 9.84 Å². The minimum absolute atomic E-state index is 0.0552. The van der Waals surface area contributed by atoms with Gasteiger partial charge in [-0.3, -0.25) is 4.79 Å². The maximum Gasteiger partial charge on any atom is 0.268 e. The van der Waals surface area contributed by atoms with E-state index in [2.05, 4.69) is 5.10 Å². The van der Waals surface area contributed by atoms with Crippen molar-refractivity contribution in [3.05, 3.63) is 22.6 Å². The minimum Gasteiger partial charge on any atom is -0.397 e. The zero-order valence-electron chi connectivity index (χ0n) is 9.25. The van der Waals surface area contributed by atoms with Crippen LogP contribution in [0.15, 0.2) is 17.1 Å². The molecule has 0 spiro atoms. The maximum absolute atomic E-state index is 11.5. The first kappa shape index (κ1) is 12.7. The Labute approximate surface area is 94.0 Å². The molecule has 1 aromatic heterocycles. The van der Waals surface area contributed by atoms with Crippen LogP contribution in [0, 0.1) is 0 Å². The highest BCUT2D eigenvalue weighted by Gasteiger charge is 2.16. The van der Waals surface area contributed by atoms with Crippen LogP contribution in [0.1, 0.15) is 13.8 Å². The molecule has 1 aromatic rings. The summed E-state index contributed by atoms with van der Waals surface area (Å²) in [5.41, 5.74) is 5.25. The summed E-state index contributed by atoms with van der Waals surface area (Å²) in [6.07, 6.45) is 1.32. The molecule has 0 amide bonds. The van der Waals surface area contributed by atoms with Crippen molar-refractivity contribution in [3.63, 3.8) is 0 Å². The van der Waals surface area contributed by atoms with Gasteiger partial charge in [0, 0.05) is 6.07 Å². The molecule has 0 bridgehead atoms. The second-order valence-electron chi connectivity index (χ2n) is 3.77. The van der Waals surface area contributed by atoms with Crippen molar-refractivity contribution in [1.29, 1.82) is 0 Å². The van der Waals surface area contributed by atoms with Crippen LogP contribution in [0.2, 0.25) is 0 Å². The number of aromatic nitrogens is 2. The van der Waals surface area contributed by atoms with E-state index in [0.717, 1.165) is 4.68 Å². The van der Waals surface area contributed by atoms with Gasteiger partial charge in [-0.1, -0.05) is 0 Å². The molecule has 1 heterocycles. The molecule has 0 atom stereocenters. The fraction of sp³-hybridized carbons (Fsp3) is 0.556. The first-order chi connectivity index (χ1) is 7.33. The molecule has 0 saturated carbocycles. The van der Waals surface area contributed by atoms with E-state index in [0.29, 0.717) is 0 Å². The Balaban J connectivity index is 2.80. The predicted molar refractivity (Wildman–Crippen MR) is 61.8 cm³/mol. The summed E-state index contributed by atoms with van der Waals surface area (Å²) in [6.45, 7) is 3.27. The van der Waals surface area contributed by atoms with E-state index in [4.69, 9.17) is 5.73 Å². The largest absolute Gasteiger partial charge is 0.397 e. The molecule has 16 heavy (non-hydrogen) atoms.